The molecule has 24 heavy (non-hydrogen) atoms. The van der Waals surface area contributed by atoms with Crippen LogP contribution < -0.4 is 10.6 Å². The molecule has 0 spiro atoms. The van der Waals surface area contributed by atoms with Gasteiger partial charge in [0.2, 0.25) is 5.91 Å². The van der Waals surface area contributed by atoms with Crippen LogP contribution >= 0.6 is 0 Å². The van der Waals surface area contributed by atoms with Crippen LogP contribution in [0.3, 0.4) is 0 Å². The molecule has 0 saturated carbocycles. The largest absolute Gasteiger partial charge is 0.416 e. The van der Waals surface area contributed by atoms with Gasteiger partial charge in [0, 0.05) is 24.3 Å². The summed E-state index contributed by atoms with van der Waals surface area (Å²) in [5, 5.41) is 5.78. The highest BCUT2D eigenvalue weighted by Crippen LogP contribution is 2.29. The molecule has 3 nitrogen and oxygen atoms in total. The molecule has 2 N–H and O–H groups in total. The van der Waals surface area contributed by atoms with Gasteiger partial charge in [-0.15, -0.1) is 0 Å². The van der Waals surface area contributed by atoms with E-state index in [0.717, 1.165) is 28.9 Å². The molecular weight excluding hydrogens is 317 g/mol. The molecule has 0 unspecified atom stereocenters. The molecule has 128 valence electrons. The third-order valence-corrected chi connectivity index (χ3v) is 3.56. The second-order valence-electron chi connectivity index (χ2n) is 5.62. The van der Waals surface area contributed by atoms with Crippen molar-refractivity contribution in [2.75, 3.05) is 17.2 Å². The summed E-state index contributed by atoms with van der Waals surface area (Å²) >= 11 is 0. The van der Waals surface area contributed by atoms with Gasteiger partial charge in [-0.1, -0.05) is 12.1 Å². The number of anilines is 2. The molecule has 0 radical (unpaired) electrons. The van der Waals surface area contributed by atoms with Crippen molar-refractivity contribution in [3.05, 3.63) is 59.2 Å². The first-order valence-electron chi connectivity index (χ1n) is 7.54. The zero-order valence-corrected chi connectivity index (χ0v) is 13.5. The van der Waals surface area contributed by atoms with Gasteiger partial charge in [0.25, 0.3) is 0 Å². The number of nitrogens with one attached hydrogen (secondary N) is 2. The van der Waals surface area contributed by atoms with Gasteiger partial charge in [0.1, 0.15) is 0 Å². The van der Waals surface area contributed by atoms with Gasteiger partial charge in [-0.25, -0.2) is 0 Å². The molecule has 0 aliphatic heterocycles. The smallest absolute Gasteiger partial charge is 0.384 e. The normalized spacial score (nSPS) is 11.2. The monoisotopic (exact) mass is 336 g/mol. The Balaban J connectivity index is 1.84. The summed E-state index contributed by atoms with van der Waals surface area (Å²) in [5.41, 5.74) is 2.79. The topological polar surface area (TPSA) is 41.1 Å². The molecule has 0 heterocycles. The summed E-state index contributed by atoms with van der Waals surface area (Å²) in [6, 6.07) is 10.4. The van der Waals surface area contributed by atoms with E-state index in [1.807, 2.05) is 32.0 Å². The van der Waals surface area contributed by atoms with Crippen LogP contribution in [0.5, 0.6) is 0 Å². The van der Waals surface area contributed by atoms with Gasteiger partial charge in [0.05, 0.1) is 5.56 Å². The first-order chi connectivity index (χ1) is 11.3. The average molecular weight is 336 g/mol. The van der Waals surface area contributed by atoms with Crippen molar-refractivity contribution in [1.29, 1.82) is 0 Å². The molecule has 1 amide bonds. The number of carbonyl (C=O) groups is 1. The Kier molecular flexibility index (Phi) is 5.49. The van der Waals surface area contributed by atoms with Crippen molar-refractivity contribution in [1.82, 2.24) is 0 Å². The van der Waals surface area contributed by atoms with Crippen molar-refractivity contribution in [3.8, 4) is 0 Å². The minimum atomic E-state index is -4.38. The maximum atomic E-state index is 12.5. The molecule has 2 aromatic rings. The number of aryl methyl sites for hydroxylation is 2. The fraction of sp³-hybridized carbons (Fsp3) is 0.278. The van der Waals surface area contributed by atoms with Gasteiger partial charge in [-0.05, 0) is 55.3 Å². The van der Waals surface area contributed by atoms with E-state index in [-0.39, 0.29) is 12.3 Å². The number of alkyl halides is 3. The van der Waals surface area contributed by atoms with Gasteiger partial charge in [-0.3, -0.25) is 4.79 Å². The van der Waals surface area contributed by atoms with Gasteiger partial charge in [-0.2, -0.15) is 13.2 Å². The zero-order chi connectivity index (χ0) is 17.7. The number of benzene rings is 2. The Morgan fingerprint density at radius 1 is 1.04 bits per heavy atom. The number of halogens is 3. The minimum absolute atomic E-state index is 0.217. The summed E-state index contributed by atoms with van der Waals surface area (Å²) < 4.78 is 37.4. The van der Waals surface area contributed by atoms with E-state index < -0.39 is 11.7 Å². The second kappa shape index (κ2) is 7.38. The molecule has 2 rings (SSSR count). The molecule has 0 aromatic heterocycles. The van der Waals surface area contributed by atoms with Crippen molar-refractivity contribution in [2.45, 2.75) is 26.4 Å². The van der Waals surface area contributed by atoms with Crippen molar-refractivity contribution < 1.29 is 18.0 Å². The fourth-order valence-corrected chi connectivity index (χ4v) is 2.20. The molecule has 0 aliphatic carbocycles. The van der Waals surface area contributed by atoms with Crippen LogP contribution in [0.25, 0.3) is 0 Å². The summed E-state index contributed by atoms with van der Waals surface area (Å²) in [4.78, 5) is 11.9. The molecule has 0 bridgehead atoms. The van der Waals surface area contributed by atoms with Crippen LogP contribution in [0, 0.1) is 13.8 Å². The lowest BCUT2D eigenvalue weighted by atomic mass is 10.1. The zero-order valence-electron chi connectivity index (χ0n) is 13.5. The third kappa shape index (κ3) is 5.01. The SMILES string of the molecule is Cc1ccc(C)c(NCCC(=O)Nc2ccc(C(F)(F)F)cc2)c1. The first-order valence-corrected chi connectivity index (χ1v) is 7.54. The summed E-state index contributed by atoms with van der Waals surface area (Å²) in [6.45, 7) is 4.41. The highest BCUT2D eigenvalue weighted by molar-refractivity contribution is 5.91. The van der Waals surface area contributed by atoms with E-state index >= 15 is 0 Å². The van der Waals surface area contributed by atoms with Crippen LogP contribution in [0.2, 0.25) is 0 Å². The molecule has 0 saturated heterocycles. The Morgan fingerprint density at radius 2 is 1.71 bits per heavy atom. The van der Waals surface area contributed by atoms with Crippen molar-refractivity contribution in [3.63, 3.8) is 0 Å². The molecule has 0 atom stereocenters. The van der Waals surface area contributed by atoms with Crippen LogP contribution in [0.4, 0.5) is 24.5 Å². The second-order valence-corrected chi connectivity index (χ2v) is 5.62. The van der Waals surface area contributed by atoms with E-state index in [9.17, 15) is 18.0 Å². The number of rotatable bonds is 5. The van der Waals surface area contributed by atoms with E-state index in [2.05, 4.69) is 10.6 Å². The maximum Gasteiger partial charge on any atom is 0.416 e. The predicted octanol–water partition coefficient (Wildman–Crippen LogP) is 4.76. The Hall–Kier alpha value is -2.50. The summed E-state index contributed by atoms with van der Waals surface area (Å²) in [7, 11) is 0. The van der Waals surface area contributed by atoms with Crippen LogP contribution in [-0.2, 0) is 11.0 Å². The summed E-state index contributed by atoms with van der Waals surface area (Å²) in [5.74, 6) is -0.257. The molecule has 0 aliphatic rings. The van der Waals surface area contributed by atoms with E-state index in [4.69, 9.17) is 0 Å². The first kappa shape index (κ1) is 17.8. The molecule has 2 aromatic carbocycles. The Morgan fingerprint density at radius 3 is 2.33 bits per heavy atom. The van der Waals surface area contributed by atoms with Gasteiger partial charge < -0.3 is 10.6 Å². The number of carbonyl (C=O) groups excluding carboxylic acids is 1. The van der Waals surface area contributed by atoms with E-state index in [1.54, 1.807) is 0 Å². The number of hydrogen-bond acceptors (Lipinski definition) is 2. The molecule has 0 fully saturated rings. The highest BCUT2D eigenvalue weighted by Gasteiger charge is 2.29. The predicted molar refractivity (Wildman–Crippen MR) is 89.1 cm³/mol. The highest BCUT2D eigenvalue weighted by atomic mass is 19.4. The number of hydrogen-bond donors (Lipinski definition) is 2. The Bertz CT molecular complexity index is 709. The van der Waals surface area contributed by atoms with E-state index in [1.165, 1.54) is 12.1 Å². The lowest BCUT2D eigenvalue weighted by Gasteiger charge is -2.11. The quantitative estimate of drug-likeness (QED) is 0.826. The Labute approximate surface area is 138 Å². The standard InChI is InChI=1S/C18H19F3N2O/c1-12-3-4-13(2)16(11-12)22-10-9-17(24)23-15-7-5-14(6-8-15)18(19,20)21/h3-8,11,22H,9-10H2,1-2H3,(H,23,24). The van der Waals surface area contributed by atoms with Gasteiger partial charge in [0.15, 0.2) is 0 Å². The minimum Gasteiger partial charge on any atom is -0.384 e. The molecule has 6 heteroatoms. The number of amides is 1. The molecular formula is C18H19F3N2O. The average Bonchev–Trinajstić information content (AvgIpc) is 2.50. The summed E-state index contributed by atoms with van der Waals surface area (Å²) in [6.07, 6.45) is -4.16. The maximum absolute atomic E-state index is 12.5. The van der Waals surface area contributed by atoms with Crippen molar-refractivity contribution in [2.24, 2.45) is 0 Å². The fourth-order valence-electron chi connectivity index (χ4n) is 2.20. The van der Waals surface area contributed by atoms with E-state index in [0.29, 0.717) is 12.2 Å². The van der Waals surface area contributed by atoms with Crippen LogP contribution in [0.15, 0.2) is 42.5 Å². The van der Waals surface area contributed by atoms with Crippen molar-refractivity contribution >= 4 is 17.3 Å². The van der Waals surface area contributed by atoms with Crippen LogP contribution in [-0.4, -0.2) is 12.5 Å². The van der Waals surface area contributed by atoms with Crippen LogP contribution in [0.1, 0.15) is 23.1 Å². The lowest BCUT2D eigenvalue weighted by molar-refractivity contribution is -0.137. The van der Waals surface area contributed by atoms with Gasteiger partial charge >= 0.3 is 6.18 Å². The lowest BCUT2D eigenvalue weighted by Crippen LogP contribution is -2.16. The third-order valence-electron chi connectivity index (χ3n) is 3.56.